The van der Waals surface area contributed by atoms with Gasteiger partial charge in [-0.05, 0) is 31.0 Å². The van der Waals surface area contributed by atoms with Crippen molar-refractivity contribution in [3.05, 3.63) is 28.2 Å². The van der Waals surface area contributed by atoms with E-state index >= 15 is 0 Å². The van der Waals surface area contributed by atoms with Gasteiger partial charge < -0.3 is 21.3 Å². The van der Waals surface area contributed by atoms with Crippen LogP contribution in [0.4, 0.5) is 5.69 Å². The predicted octanol–water partition coefficient (Wildman–Crippen LogP) is 1.47. The molecule has 1 amide bonds. The zero-order valence-corrected chi connectivity index (χ0v) is 12.6. The van der Waals surface area contributed by atoms with Gasteiger partial charge in [0.1, 0.15) is 6.04 Å². The van der Waals surface area contributed by atoms with Crippen LogP contribution < -0.4 is 11.1 Å². The van der Waals surface area contributed by atoms with Crippen LogP contribution in [0, 0.1) is 0 Å². The van der Waals surface area contributed by atoms with Gasteiger partial charge in [0, 0.05) is 16.6 Å². The van der Waals surface area contributed by atoms with Gasteiger partial charge in [-0.1, -0.05) is 15.9 Å². The van der Waals surface area contributed by atoms with Crippen molar-refractivity contribution in [2.45, 2.75) is 25.3 Å². The fourth-order valence-corrected chi connectivity index (χ4v) is 2.07. The molecular weight excluding hydrogens is 344 g/mol. The Bertz CT molecular complexity index is 561. The number of carboxylic acids is 2. The number of nitrogens with one attached hydrogen (secondary N) is 1. The van der Waals surface area contributed by atoms with Gasteiger partial charge in [-0.15, -0.1) is 0 Å². The maximum atomic E-state index is 12.0. The van der Waals surface area contributed by atoms with Crippen molar-refractivity contribution in [1.29, 1.82) is 0 Å². The van der Waals surface area contributed by atoms with Crippen molar-refractivity contribution >= 4 is 39.5 Å². The normalized spacial score (nSPS) is 11.7. The molecule has 0 heterocycles. The summed E-state index contributed by atoms with van der Waals surface area (Å²) in [5.41, 5.74) is 6.09. The molecule has 1 aromatic rings. The zero-order chi connectivity index (χ0) is 16.0. The summed E-state index contributed by atoms with van der Waals surface area (Å²) in [5, 5.41) is 19.9. The number of carbonyl (C=O) groups excluding carboxylic acids is 1. The SMILES string of the molecule is Nc1cc(Br)ccc1C(=O)N[C@H](CCCC(=O)O)C(=O)O. The number of benzene rings is 1. The van der Waals surface area contributed by atoms with Crippen molar-refractivity contribution < 1.29 is 24.6 Å². The standard InChI is InChI=1S/C13H15BrN2O5/c14-7-4-5-8(9(15)6-7)12(19)16-10(13(20)21)2-1-3-11(17)18/h4-6,10H,1-3,15H2,(H,16,19)(H,17,18)(H,20,21)/t10-/m1/s1. The van der Waals surface area contributed by atoms with Gasteiger partial charge in [0.25, 0.3) is 5.91 Å². The summed E-state index contributed by atoms with van der Waals surface area (Å²) >= 11 is 3.21. The van der Waals surface area contributed by atoms with Crippen LogP contribution in [0.25, 0.3) is 0 Å². The summed E-state index contributed by atoms with van der Waals surface area (Å²) in [7, 11) is 0. The molecule has 5 N–H and O–H groups in total. The van der Waals surface area contributed by atoms with Crippen LogP contribution in [-0.4, -0.2) is 34.1 Å². The Morgan fingerprint density at radius 2 is 1.95 bits per heavy atom. The molecule has 8 heteroatoms. The van der Waals surface area contributed by atoms with Crippen molar-refractivity contribution in [3.63, 3.8) is 0 Å². The molecule has 0 radical (unpaired) electrons. The van der Waals surface area contributed by atoms with Crippen LogP contribution >= 0.6 is 15.9 Å². The topological polar surface area (TPSA) is 130 Å². The molecule has 1 rings (SSSR count). The second-order valence-corrected chi connectivity index (χ2v) is 5.30. The maximum Gasteiger partial charge on any atom is 0.326 e. The van der Waals surface area contributed by atoms with Crippen molar-refractivity contribution in [3.8, 4) is 0 Å². The number of rotatable bonds is 7. The second kappa shape index (κ2) is 7.63. The van der Waals surface area contributed by atoms with Gasteiger partial charge in [-0.2, -0.15) is 0 Å². The Hall–Kier alpha value is -2.09. The minimum absolute atomic E-state index is 0.0316. The fourth-order valence-electron chi connectivity index (χ4n) is 1.69. The molecule has 0 unspecified atom stereocenters. The van der Waals surface area contributed by atoms with Gasteiger partial charge >= 0.3 is 11.9 Å². The molecule has 0 aliphatic rings. The van der Waals surface area contributed by atoms with E-state index in [1.807, 2.05) is 0 Å². The minimum Gasteiger partial charge on any atom is -0.481 e. The summed E-state index contributed by atoms with van der Waals surface area (Å²) in [6, 6.07) is 3.48. The third kappa shape index (κ3) is 5.42. The van der Waals surface area contributed by atoms with Crippen LogP contribution in [0.2, 0.25) is 0 Å². The van der Waals surface area contributed by atoms with Crippen LogP contribution in [0.5, 0.6) is 0 Å². The first-order chi connectivity index (χ1) is 9.81. The van der Waals surface area contributed by atoms with Crippen molar-refractivity contribution in [1.82, 2.24) is 5.32 Å². The first-order valence-corrected chi connectivity index (χ1v) is 6.91. The highest BCUT2D eigenvalue weighted by molar-refractivity contribution is 9.10. The average molecular weight is 359 g/mol. The molecule has 114 valence electrons. The lowest BCUT2D eigenvalue weighted by Gasteiger charge is -2.15. The lowest BCUT2D eigenvalue weighted by Crippen LogP contribution is -2.41. The highest BCUT2D eigenvalue weighted by atomic mass is 79.9. The Morgan fingerprint density at radius 1 is 1.29 bits per heavy atom. The van der Waals surface area contributed by atoms with Gasteiger partial charge in [-0.3, -0.25) is 9.59 Å². The van der Waals surface area contributed by atoms with E-state index in [1.54, 1.807) is 6.07 Å². The van der Waals surface area contributed by atoms with E-state index < -0.39 is 23.9 Å². The monoisotopic (exact) mass is 358 g/mol. The molecular formula is C13H15BrN2O5. The molecule has 1 atom stereocenters. The van der Waals surface area contributed by atoms with Crippen molar-refractivity contribution in [2.24, 2.45) is 0 Å². The van der Waals surface area contributed by atoms with E-state index in [-0.39, 0.29) is 30.5 Å². The molecule has 1 aromatic carbocycles. The molecule has 0 saturated carbocycles. The fraction of sp³-hybridized carbons (Fsp3) is 0.308. The lowest BCUT2D eigenvalue weighted by molar-refractivity contribution is -0.140. The largest absolute Gasteiger partial charge is 0.481 e. The number of nitrogens with two attached hydrogens (primary N) is 1. The maximum absolute atomic E-state index is 12.0. The second-order valence-electron chi connectivity index (χ2n) is 4.38. The number of anilines is 1. The summed E-state index contributed by atoms with van der Waals surface area (Å²) in [4.78, 5) is 33.5. The van der Waals surface area contributed by atoms with Crippen LogP contribution in [-0.2, 0) is 9.59 Å². The number of amides is 1. The summed E-state index contributed by atoms with van der Waals surface area (Å²) in [6.45, 7) is 0. The summed E-state index contributed by atoms with van der Waals surface area (Å²) in [6.07, 6.45) is 0.0340. The number of hydrogen-bond acceptors (Lipinski definition) is 4. The summed E-state index contributed by atoms with van der Waals surface area (Å²) < 4.78 is 0.702. The number of hydrogen-bond donors (Lipinski definition) is 4. The van der Waals surface area contributed by atoms with E-state index in [4.69, 9.17) is 15.9 Å². The number of halogens is 1. The molecule has 21 heavy (non-hydrogen) atoms. The molecule has 0 bridgehead atoms. The van der Waals surface area contributed by atoms with E-state index in [1.165, 1.54) is 12.1 Å². The molecule has 0 fully saturated rings. The van der Waals surface area contributed by atoms with Gasteiger partial charge in [0.2, 0.25) is 0 Å². The molecule has 0 aromatic heterocycles. The van der Waals surface area contributed by atoms with Crippen LogP contribution in [0.1, 0.15) is 29.6 Å². The van der Waals surface area contributed by atoms with Gasteiger partial charge in [0.05, 0.1) is 5.56 Å². The molecule has 0 aliphatic carbocycles. The van der Waals surface area contributed by atoms with Crippen molar-refractivity contribution in [2.75, 3.05) is 5.73 Å². The highest BCUT2D eigenvalue weighted by Crippen LogP contribution is 2.18. The first-order valence-electron chi connectivity index (χ1n) is 6.11. The average Bonchev–Trinajstić information content (AvgIpc) is 2.36. The number of aliphatic carboxylic acids is 2. The van der Waals surface area contributed by atoms with Gasteiger partial charge in [-0.25, -0.2) is 4.79 Å². The number of carboxylic acid groups (broad SMARTS) is 2. The third-order valence-corrected chi connectivity index (χ3v) is 3.24. The van der Waals surface area contributed by atoms with Crippen LogP contribution in [0.3, 0.4) is 0 Å². The van der Waals surface area contributed by atoms with E-state index in [0.717, 1.165) is 0 Å². The first kappa shape index (κ1) is 17.0. The molecule has 0 spiro atoms. The van der Waals surface area contributed by atoms with E-state index in [9.17, 15) is 14.4 Å². The lowest BCUT2D eigenvalue weighted by atomic mass is 10.1. The molecule has 0 aliphatic heterocycles. The Morgan fingerprint density at radius 3 is 2.48 bits per heavy atom. The van der Waals surface area contributed by atoms with Gasteiger partial charge in [0.15, 0.2) is 0 Å². The highest BCUT2D eigenvalue weighted by Gasteiger charge is 2.21. The van der Waals surface area contributed by atoms with E-state index in [0.29, 0.717) is 4.47 Å². The Kier molecular flexibility index (Phi) is 6.16. The zero-order valence-electron chi connectivity index (χ0n) is 11.0. The Balaban J connectivity index is 2.72. The number of carbonyl (C=O) groups is 3. The molecule has 0 saturated heterocycles. The quantitative estimate of drug-likeness (QED) is 0.546. The predicted molar refractivity (Wildman–Crippen MR) is 78.9 cm³/mol. The smallest absolute Gasteiger partial charge is 0.326 e. The summed E-state index contributed by atoms with van der Waals surface area (Å²) in [5.74, 6) is -2.84. The minimum atomic E-state index is -1.22. The van der Waals surface area contributed by atoms with Crippen LogP contribution in [0.15, 0.2) is 22.7 Å². The number of nitrogen functional groups attached to an aromatic ring is 1. The Labute approximate surface area is 129 Å². The molecule has 7 nitrogen and oxygen atoms in total. The van der Waals surface area contributed by atoms with E-state index in [2.05, 4.69) is 21.2 Å². The third-order valence-electron chi connectivity index (χ3n) is 2.75.